The van der Waals surface area contributed by atoms with E-state index in [0.29, 0.717) is 22.5 Å². The summed E-state index contributed by atoms with van der Waals surface area (Å²) >= 11 is 0. The smallest absolute Gasteiger partial charge is 0.399 e. The van der Waals surface area contributed by atoms with E-state index in [1.54, 1.807) is 55.6 Å². The number of amides is 7. The average molecular weight is 1010 g/mol. The minimum Gasteiger partial charge on any atom is -0.399 e. The highest BCUT2D eigenvalue weighted by Gasteiger charge is 2.47. The topological polar surface area (TPSA) is 221 Å². The fourth-order valence-corrected chi connectivity index (χ4v) is 9.76. The SMILES string of the molecule is C[N+](CCCN1CC2=C(C1=O)[C@@H](c1ccc(N)cc1)NC(=O)N2c1cccc(C(F)(F)F)c1)(CCN1CC2=C(C1=O)[C@@H](c1ccc(N)cc1)NC(=O)N2c1cccc(C(F)(F)F)c1)CC(=O)NS(C)(=O)=O. The number of nitrogens with zero attached hydrogens (tertiary/aromatic N) is 5. The van der Waals surface area contributed by atoms with Crippen molar-refractivity contribution in [2.75, 3.05) is 80.4 Å². The van der Waals surface area contributed by atoms with E-state index in [9.17, 15) is 58.7 Å². The molecule has 0 aromatic heterocycles. The van der Waals surface area contributed by atoms with Crippen molar-refractivity contribution in [2.45, 2.75) is 30.9 Å². The summed E-state index contributed by atoms with van der Waals surface area (Å²) in [5.41, 5.74) is 11.6. The lowest BCUT2D eigenvalue weighted by Gasteiger charge is -2.36. The van der Waals surface area contributed by atoms with Gasteiger partial charge in [0.05, 0.1) is 103 Å². The Balaban J connectivity index is 1.05. The van der Waals surface area contributed by atoms with Crippen LogP contribution in [0.4, 0.5) is 58.7 Å². The second-order valence-electron chi connectivity index (χ2n) is 17.9. The third kappa shape index (κ3) is 10.5. The van der Waals surface area contributed by atoms with Gasteiger partial charge in [0.2, 0.25) is 10.0 Å². The third-order valence-electron chi connectivity index (χ3n) is 12.7. The van der Waals surface area contributed by atoms with Gasteiger partial charge in [-0.1, -0.05) is 36.4 Å². The molecule has 8 rings (SSSR count). The molecular formula is C47H47F6N10O7S+. The predicted molar refractivity (Wildman–Crippen MR) is 248 cm³/mol. The Morgan fingerprint density at radius 2 is 1.10 bits per heavy atom. The zero-order valence-electron chi connectivity index (χ0n) is 38.0. The molecule has 4 aromatic rings. The number of nitrogens with one attached hydrogen (secondary N) is 3. The van der Waals surface area contributed by atoms with Gasteiger partial charge in [0.25, 0.3) is 17.7 Å². The quantitative estimate of drug-likeness (QED) is 0.0633. The van der Waals surface area contributed by atoms with E-state index in [2.05, 4.69) is 10.6 Å². The number of urea groups is 2. The molecule has 4 heterocycles. The Bertz CT molecular complexity index is 3000. The fourth-order valence-electron chi connectivity index (χ4n) is 9.28. The van der Waals surface area contributed by atoms with Gasteiger partial charge in [-0.2, -0.15) is 26.3 Å². The zero-order chi connectivity index (χ0) is 51.4. The van der Waals surface area contributed by atoms with Crippen LogP contribution >= 0.6 is 0 Å². The lowest BCUT2D eigenvalue weighted by molar-refractivity contribution is -0.901. The number of carbonyl (C=O) groups is 5. The number of hydrogen-bond donors (Lipinski definition) is 5. The van der Waals surface area contributed by atoms with Gasteiger partial charge < -0.3 is 36.4 Å². The number of anilines is 4. The molecule has 24 heteroatoms. The summed E-state index contributed by atoms with van der Waals surface area (Å²) in [6.45, 7) is -0.987. The van der Waals surface area contributed by atoms with Crippen LogP contribution in [-0.4, -0.2) is 112 Å². The largest absolute Gasteiger partial charge is 0.416 e. The maximum atomic E-state index is 14.5. The number of alkyl halides is 6. The van der Waals surface area contributed by atoms with Crippen LogP contribution in [0.2, 0.25) is 0 Å². The van der Waals surface area contributed by atoms with Crippen molar-refractivity contribution in [1.29, 1.82) is 0 Å². The van der Waals surface area contributed by atoms with Gasteiger partial charge in [-0.25, -0.2) is 22.7 Å². The lowest BCUT2D eigenvalue weighted by Crippen LogP contribution is -2.55. The molecule has 17 nitrogen and oxygen atoms in total. The number of carbonyl (C=O) groups excluding carboxylic acids is 5. The van der Waals surface area contributed by atoms with Crippen LogP contribution in [0.15, 0.2) is 120 Å². The Kier molecular flexibility index (Phi) is 13.1. The van der Waals surface area contributed by atoms with Gasteiger partial charge in [0, 0.05) is 24.3 Å². The van der Waals surface area contributed by atoms with Gasteiger partial charge in [-0.05, 0) is 71.8 Å². The minimum absolute atomic E-state index is 0.0199. The number of quaternary nitrogens is 1. The number of likely N-dealkylation sites (N-methyl/N-ethyl adjacent to an activating group) is 1. The summed E-state index contributed by atoms with van der Waals surface area (Å²) in [7, 11) is -2.41. The van der Waals surface area contributed by atoms with Crippen molar-refractivity contribution in [3.63, 3.8) is 0 Å². The molecule has 4 aromatic carbocycles. The maximum absolute atomic E-state index is 14.5. The van der Waals surface area contributed by atoms with Gasteiger partial charge in [-0.3, -0.25) is 24.2 Å². The van der Waals surface area contributed by atoms with Crippen molar-refractivity contribution < 1.29 is 63.2 Å². The molecule has 0 aliphatic carbocycles. The summed E-state index contributed by atoms with van der Waals surface area (Å²) in [6, 6.07) is 17.2. The molecule has 7 N–H and O–H groups in total. The summed E-state index contributed by atoms with van der Waals surface area (Å²) in [5, 5.41) is 5.51. The molecule has 0 bridgehead atoms. The number of nitrogens with two attached hydrogens (primary N) is 2. The molecule has 0 radical (unpaired) electrons. The normalized spacial score (nSPS) is 19.4. The first-order valence-corrected chi connectivity index (χ1v) is 23.8. The molecule has 7 amide bonds. The van der Waals surface area contributed by atoms with Crippen LogP contribution in [0, 0.1) is 0 Å². The third-order valence-corrected chi connectivity index (χ3v) is 13.3. The summed E-state index contributed by atoms with van der Waals surface area (Å²) in [4.78, 5) is 74.7. The zero-order valence-corrected chi connectivity index (χ0v) is 38.8. The van der Waals surface area contributed by atoms with Gasteiger partial charge >= 0.3 is 24.4 Å². The molecule has 374 valence electrons. The van der Waals surface area contributed by atoms with Crippen molar-refractivity contribution in [3.8, 4) is 0 Å². The van der Waals surface area contributed by atoms with Crippen LogP contribution in [0.1, 0.15) is 40.8 Å². The molecular weight excluding hydrogens is 963 g/mol. The van der Waals surface area contributed by atoms with Gasteiger partial charge in [0.15, 0.2) is 6.54 Å². The molecule has 71 heavy (non-hydrogen) atoms. The van der Waals surface area contributed by atoms with E-state index in [0.717, 1.165) is 52.5 Å². The molecule has 0 spiro atoms. The monoisotopic (exact) mass is 1010 g/mol. The standard InChI is InChI=1S/C47H46F6N10O7S/c1-63(26-37(64)58-71(2,69)70,21-19-60-25-36-39(43(60)66)41(28-12-16-32(55)17-13-28)57-45(68)62(36)34-9-4-7-30(23-34)47(51,52)53)20-5-18-59-24-35-38(42(59)65)40(27-10-14-31(54)15-11-27)56-44(67)61(35)33-8-3-6-29(22-33)46(48,49)50/h3-4,6-17,22-23,40-41H,5,18-21,24-26,54-55H2,1-2H3,(H2-,56,57,58,64,67,68)/p+1/t40-,41-,63?/m1/s1. The molecule has 0 saturated heterocycles. The molecule has 3 atom stereocenters. The molecule has 4 aliphatic rings. The van der Waals surface area contributed by atoms with Crippen LogP contribution in [0.3, 0.4) is 0 Å². The Morgan fingerprint density at radius 3 is 1.51 bits per heavy atom. The van der Waals surface area contributed by atoms with Crippen molar-refractivity contribution in [3.05, 3.63) is 142 Å². The lowest BCUT2D eigenvalue weighted by atomic mass is 9.95. The Morgan fingerprint density at radius 1 is 0.676 bits per heavy atom. The minimum atomic E-state index is -4.75. The predicted octanol–water partition coefficient (Wildman–Crippen LogP) is 5.24. The Hall–Kier alpha value is -7.60. The van der Waals surface area contributed by atoms with E-state index < -0.39 is 81.9 Å². The van der Waals surface area contributed by atoms with E-state index in [-0.39, 0.29) is 84.1 Å². The van der Waals surface area contributed by atoms with Crippen LogP contribution in [0.5, 0.6) is 0 Å². The summed E-state index contributed by atoms with van der Waals surface area (Å²) in [5.74, 6) is -2.00. The molecule has 0 fully saturated rings. The first-order valence-electron chi connectivity index (χ1n) is 22.0. The maximum Gasteiger partial charge on any atom is 0.416 e. The first kappa shape index (κ1) is 49.8. The fraction of sp³-hybridized carbons (Fsp3) is 0.298. The van der Waals surface area contributed by atoms with Crippen LogP contribution in [0.25, 0.3) is 0 Å². The average Bonchev–Trinajstić information content (AvgIpc) is 3.79. The van der Waals surface area contributed by atoms with Crippen molar-refractivity contribution >= 4 is 62.6 Å². The number of hydrogen-bond acceptors (Lipinski definition) is 9. The number of benzene rings is 4. The highest BCUT2D eigenvalue weighted by molar-refractivity contribution is 7.89. The molecule has 0 saturated carbocycles. The van der Waals surface area contributed by atoms with Crippen molar-refractivity contribution in [2.24, 2.45) is 0 Å². The van der Waals surface area contributed by atoms with E-state index in [4.69, 9.17) is 11.5 Å². The van der Waals surface area contributed by atoms with Crippen LogP contribution < -0.4 is 36.6 Å². The Labute approximate surface area is 402 Å². The van der Waals surface area contributed by atoms with E-state index in [1.165, 1.54) is 21.9 Å². The summed E-state index contributed by atoms with van der Waals surface area (Å²) in [6.07, 6.45) is -8.56. The molecule has 4 aliphatic heterocycles. The second-order valence-corrected chi connectivity index (χ2v) is 19.7. The highest BCUT2D eigenvalue weighted by atomic mass is 32.2. The number of sulfonamides is 1. The highest BCUT2D eigenvalue weighted by Crippen LogP contribution is 2.42. The number of nitrogen functional groups attached to an aromatic ring is 2. The first-order chi connectivity index (χ1) is 33.3. The summed E-state index contributed by atoms with van der Waals surface area (Å²) < 4.78 is 109. The number of rotatable bonds is 14. The van der Waals surface area contributed by atoms with Crippen LogP contribution in [-0.2, 0) is 36.8 Å². The number of halogens is 6. The molecule has 1 unspecified atom stereocenters. The van der Waals surface area contributed by atoms with Crippen molar-refractivity contribution in [1.82, 2.24) is 25.2 Å². The second kappa shape index (κ2) is 18.6. The van der Waals surface area contributed by atoms with Gasteiger partial charge in [-0.15, -0.1) is 0 Å². The van der Waals surface area contributed by atoms with E-state index in [1.807, 2.05) is 4.72 Å². The van der Waals surface area contributed by atoms with Gasteiger partial charge in [0.1, 0.15) is 0 Å². The van der Waals surface area contributed by atoms with E-state index >= 15 is 0 Å².